The van der Waals surface area contributed by atoms with Crippen molar-refractivity contribution in [2.45, 2.75) is 19.3 Å². The molecule has 16 heavy (non-hydrogen) atoms. The molecule has 0 bridgehead atoms. The van der Waals surface area contributed by atoms with E-state index in [4.69, 9.17) is 4.74 Å². The first-order valence-electron chi connectivity index (χ1n) is 5.52. The zero-order valence-electron chi connectivity index (χ0n) is 9.45. The summed E-state index contributed by atoms with van der Waals surface area (Å²) in [4.78, 5) is 11.7. The molecule has 2 rings (SSSR count). The van der Waals surface area contributed by atoms with Gasteiger partial charge in [-0.15, -0.1) is 0 Å². The van der Waals surface area contributed by atoms with E-state index in [1.807, 2.05) is 0 Å². The summed E-state index contributed by atoms with van der Waals surface area (Å²) < 4.78 is 5.07. The highest BCUT2D eigenvalue weighted by Crippen LogP contribution is 2.48. The zero-order chi connectivity index (χ0) is 11.4. The second-order valence-corrected chi connectivity index (χ2v) is 4.41. The van der Waals surface area contributed by atoms with E-state index in [-0.39, 0.29) is 11.3 Å². The molecule has 1 aliphatic rings. The second kappa shape index (κ2) is 4.65. The van der Waals surface area contributed by atoms with Gasteiger partial charge in [0.15, 0.2) is 0 Å². The van der Waals surface area contributed by atoms with Crippen LogP contribution in [0.3, 0.4) is 0 Å². The first-order chi connectivity index (χ1) is 7.76. The Labute approximate surface area is 94.6 Å². The predicted octanol–water partition coefficient (Wildman–Crippen LogP) is 0.956. The molecular weight excluding hydrogens is 206 g/mol. The maximum atomic E-state index is 11.7. The number of carbonyl (C=O) groups is 1. The van der Waals surface area contributed by atoms with E-state index in [0.29, 0.717) is 5.56 Å². The molecule has 0 aromatic carbocycles. The fourth-order valence-corrected chi connectivity index (χ4v) is 1.76. The normalized spacial score (nSPS) is 17.1. The minimum atomic E-state index is -0.0579. The molecule has 0 spiro atoms. The van der Waals surface area contributed by atoms with Gasteiger partial charge in [0, 0.05) is 26.5 Å². The fraction of sp³-hybridized carbons (Fsp3) is 0.636. The van der Waals surface area contributed by atoms with Gasteiger partial charge in [-0.25, -0.2) is 0 Å². The minimum absolute atomic E-state index is 0.0579. The highest BCUT2D eigenvalue weighted by atomic mass is 16.5. The van der Waals surface area contributed by atoms with Gasteiger partial charge < -0.3 is 10.1 Å². The minimum Gasteiger partial charge on any atom is -0.385 e. The van der Waals surface area contributed by atoms with Crippen molar-refractivity contribution in [1.29, 1.82) is 0 Å². The lowest BCUT2D eigenvalue weighted by Gasteiger charge is -2.14. The lowest BCUT2D eigenvalue weighted by Crippen LogP contribution is -2.30. The zero-order valence-corrected chi connectivity index (χ0v) is 9.45. The van der Waals surface area contributed by atoms with Crippen molar-refractivity contribution in [1.82, 2.24) is 15.5 Å². The Morgan fingerprint density at radius 3 is 3.06 bits per heavy atom. The predicted molar refractivity (Wildman–Crippen MR) is 59.1 cm³/mol. The topological polar surface area (TPSA) is 67.0 Å². The summed E-state index contributed by atoms with van der Waals surface area (Å²) in [5.41, 5.74) is 0.873. The lowest BCUT2D eigenvalue weighted by atomic mass is 10.0. The summed E-state index contributed by atoms with van der Waals surface area (Å²) in [6.45, 7) is 1.50. The fourth-order valence-electron chi connectivity index (χ4n) is 1.76. The summed E-state index contributed by atoms with van der Waals surface area (Å²) in [5.74, 6) is -0.0579. The van der Waals surface area contributed by atoms with Crippen LogP contribution < -0.4 is 5.32 Å². The van der Waals surface area contributed by atoms with E-state index in [2.05, 4.69) is 15.5 Å². The summed E-state index contributed by atoms with van der Waals surface area (Å²) >= 11 is 0. The molecule has 1 heterocycles. The van der Waals surface area contributed by atoms with Gasteiger partial charge in [-0.2, -0.15) is 5.10 Å². The Balaban J connectivity index is 1.77. The molecule has 0 aliphatic heterocycles. The maximum Gasteiger partial charge on any atom is 0.254 e. The van der Waals surface area contributed by atoms with Crippen LogP contribution in [0.15, 0.2) is 12.4 Å². The Morgan fingerprint density at radius 2 is 2.50 bits per heavy atom. The number of rotatable bonds is 6. The molecule has 1 aromatic rings. The van der Waals surface area contributed by atoms with Gasteiger partial charge in [-0.05, 0) is 24.7 Å². The average molecular weight is 223 g/mol. The van der Waals surface area contributed by atoms with Crippen LogP contribution in [0.1, 0.15) is 29.6 Å². The van der Waals surface area contributed by atoms with Crippen LogP contribution in [0.25, 0.3) is 0 Å². The molecule has 88 valence electrons. The largest absolute Gasteiger partial charge is 0.385 e. The second-order valence-electron chi connectivity index (χ2n) is 4.41. The van der Waals surface area contributed by atoms with Gasteiger partial charge in [0.2, 0.25) is 0 Å². The van der Waals surface area contributed by atoms with E-state index in [1.54, 1.807) is 13.3 Å². The van der Waals surface area contributed by atoms with Crippen molar-refractivity contribution < 1.29 is 9.53 Å². The van der Waals surface area contributed by atoms with E-state index < -0.39 is 0 Å². The number of carbonyl (C=O) groups excluding carboxylic acids is 1. The van der Waals surface area contributed by atoms with Crippen molar-refractivity contribution in [2.24, 2.45) is 5.41 Å². The van der Waals surface area contributed by atoms with Crippen LogP contribution in [-0.2, 0) is 4.74 Å². The molecule has 0 atom stereocenters. The number of methoxy groups -OCH3 is 1. The molecule has 2 N–H and O–H groups in total. The molecule has 1 saturated carbocycles. The molecule has 1 aromatic heterocycles. The van der Waals surface area contributed by atoms with Gasteiger partial charge >= 0.3 is 0 Å². The number of amides is 1. The third kappa shape index (κ3) is 2.61. The van der Waals surface area contributed by atoms with Crippen LogP contribution in [-0.4, -0.2) is 36.4 Å². The Kier molecular flexibility index (Phi) is 3.24. The average Bonchev–Trinajstić information content (AvgIpc) is 2.85. The molecule has 1 fully saturated rings. The van der Waals surface area contributed by atoms with E-state index in [1.165, 1.54) is 19.0 Å². The molecule has 1 amide bonds. The van der Waals surface area contributed by atoms with E-state index in [9.17, 15) is 4.79 Å². The number of aromatic nitrogens is 2. The third-order valence-corrected chi connectivity index (χ3v) is 3.18. The SMILES string of the molecule is COCCC1(CNC(=O)c2cn[nH]c2)CC1. The lowest BCUT2D eigenvalue weighted by molar-refractivity contribution is 0.0938. The van der Waals surface area contributed by atoms with Gasteiger partial charge in [0.1, 0.15) is 0 Å². The van der Waals surface area contributed by atoms with Gasteiger partial charge in [0.05, 0.1) is 11.8 Å². The van der Waals surface area contributed by atoms with E-state index >= 15 is 0 Å². The molecule has 0 unspecified atom stereocenters. The summed E-state index contributed by atoms with van der Waals surface area (Å²) in [7, 11) is 1.71. The van der Waals surface area contributed by atoms with Crippen molar-refractivity contribution >= 4 is 5.91 Å². The van der Waals surface area contributed by atoms with Crippen molar-refractivity contribution in [3.63, 3.8) is 0 Å². The molecule has 1 aliphatic carbocycles. The highest BCUT2D eigenvalue weighted by molar-refractivity contribution is 5.93. The maximum absolute atomic E-state index is 11.7. The Morgan fingerprint density at radius 1 is 1.69 bits per heavy atom. The van der Waals surface area contributed by atoms with Crippen molar-refractivity contribution in [3.8, 4) is 0 Å². The quantitative estimate of drug-likeness (QED) is 0.754. The van der Waals surface area contributed by atoms with Crippen LogP contribution >= 0.6 is 0 Å². The molecule has 0 saturated heterocycles. The van der Waals surface area contributed by atoms with Crippen molar-refractivity contribution in [3.05, 3.63) is 18.0 Å². The monoisotopic (exact) mass is 223 g/mol. The Hall–Kier alpha value is -1.36. The molecule has 5 nitrogen and oxygen atoms in total. The molecule has 5 heteroatoms. The summed E-state index contributed by atoms with van der Waals surface area (Å²) in [6.07, 6.45) is 6.52. The van der Waals surface area contributed by atoms with Gasteiger partial charge in [-0.1, -0.05) is 0 Å². The number of H-pyrrole nitrogens is 1. The third-order valence-electron chi connectivity index (χ3n) is 3.18. The highest BCUT2D eigenvalue weighted by Gasteiger charge is 2.42. The number of ether oxygens (including phenoxy) is 1. The first-order valence-corrected chi connectivity index (χ1v) is 5.52. The summed E-state index contributed by atoms with van der Waals surface area (Å²) in [6, 6.07) is 0. The molecule has 0 radical (unpaired) electrons. The number of hydrogen-bond acceptors (Lipinski definition) is 3. The van der Waals surface area contributed by atoms with Crippen molar-refractivity contribution in [2.75, 3.05) is 20.3 Å². The van der Waals surface area contributed by atoms with Gasteiger partial charge in [-0.3, -0.25) is 9.89 Å². The van der Waals surface area contributed by atoms with Crippen LogP contribution in [0.2, 0.25) is 0 Å². The Bertz CT molecular complexity index is 344. The van der Waals surface area contributed by atoms with Crippen LogP contribution in [0.4, 0.5) is 0 Å². The molecular formula is C11H17N3O2. The van der Waals surface area contributed by atoms with Crippen LogP contribution in [0.5, 0.6) is 0 Å². The van der Waals surface area contributed by atoms with Gasteiger partial charge in [0.25, 0.3) is 5.91 Å². The standard InChI is InChI=1S/C11H17N3O2/c1-16-5-4-11(2-3-11)8-12-10(15)9-6-13-14-7-9/h6-7H,2-5,8H2,1H3,(H,12,15)(H,13,14). The summed E-state index contributed by atoms with van der Waals surface area (Å²) in [5, 5.41) is 9.32. The smallest absolute Gasteiger partial charge is 0.254 e. The number of nitrogens with zero attached hydrogens (tertiary/aromatic N) is 1. The number of nitrogens with one attached hydrogen (secondary N) is 2. The number of hydrogen-bond donors (Lipinski definition) is 2. The van der Waals surface area contributed by atoms with Crippen LogP contribution in [0, 0.1) is 5.41 Å². The van der Waals surface area contributed by atoms with E-state index in [0.717, 1.165) is 19.6 Å². The number of aromatic amines is 1. The first kappa shape index (κ1) is 11.1.